The molecule has 0 radical (unpaired) electrons. The quantitative estimate of drug-likeness (QED) is 0.357. The third-order valence-corrected chi connectivity index (χ3v) is 2.04. The average Bonchev–Trinajstić information content (AvgIpc) is 2.08. The minimum atomic E-state index is 0. The minimum Gasteiger partial charge on any atom is -0.356 e. The summed E-state index contributed by atoms with van der Waals surface area (Å²) in [5.74, 6) is 0.902. The van der Waals surface area contributed by atoms with E-state index in [1.54, 1.807) is 0 Å². The predicted octanol–water partition coefficient (Wildman–Crippen LogP) is 3.00. The molecule has 0 aromatic rings. The first-order chi connectivity index (χ1) is 6.85. The molecule has 0 bridgehead atoms. The van der Waals surface area contributed by atoms with Gasteiger partial charge < -0.3 is 10.6 Å². The maximum absolute atomic E-state index is 4.16. The molecular formula is C12H28IN3. The van der Waals surface area contributed by atoms with E-state index < -0.39 is 0 Å². The van der Waals surface area contributed by atoms with Gasteiger partial charge >= 0.3 is 0 Å². The van der Waals surface area contributed by atoms with Crippen molar-refractivity contribution in [2.24, 2.45) is 10.4 Å². The van der Waals surface area contributed by atoms with Crippen LogP contribution in [-0.4, -0.2) is 25.6 Å². The molecule has 0 atom stereocenters. The fourth-order valence-corrected chi connectivity index (χ4v) is 1.29. The van der Waals surface area contributed by atoms with Gasteiger partial charge in [0.2, 0.25) is 0 Å². The van der Waals surface area contributed by atoms with Gasteiger partial charge in [0.25, 0.3) is 0 Å². The van der Waals surface area contributed by atoms with E-state index in [1.807, 2.05) is 7.05 Å². The van der Waals surface area contributed by atoms with Gasteiger partial charge in [-0.25, -0.2) is 0 Å². The topological polar surface area (TPSA) is 36.4 Å². The van der Waals surface area contributed by atoms with Crippen LogP contribution in [0.25, 0.3) is 0 Å². The van der Waals surface area contributed by atoms with Crippen molar-refractivity contribution in [3.63, 3.8) is 0 Å². The third kappa shape index (κ3) is 12.1. The molecule has 0 spiro atoms. The number of guanidine groups is 1. The van der Waals surface area contributed by atoms with E-state index >= 15 is 0 Å². The Morgan fingerprint density at radius 1 is 1.25 bits per heavy atom. The van der Waals surface area contributed by atoms with Gasteiger partial charge in [-0.3, -0.25) is 4.99 Å². The van der Waals surface area contributed by atoms with Crippen LogP contribution in [0, 0.1) is 5.41 Å². The highest BCUT2D eigenvalue weighted by Gasteiger charge is 2.09. The van der Waals surface area contributed by atoms with Crippen molar-refractivity contribution in [1.82, 2.24) is 10.6 Å². The molecule has 0 aliphatic rings. The molecule has 0 saturated heterocycles. The Morgan fingerprint density at radius 2 is 1.81 bits per heavy atom. The maximum Gasteiger partial charge on any atom is 0.191 e. The van der Waals surface area contributed by atoms with Crippen molar-refractivity contribution in [3.8, 4) is 0 Å². The van der Waals surface area contributed by atoms with E-state index in [9.17, 15) is 0 Å². The zero-order valence-electron chi connectivity index (χ0n) is 11.6. The van der Waals surface area contributed by atoms with E-state index in [1.165, 1.54) is 12.8 Å². The normalized spacial score (nSPS) is 12.3. The molecule has 0 saturated carbocycles. The molecule has 0 aromatic heterocycles. The summed E-state index contributed by atoms with van der Waals surface area (Å²) >= 11 is 0. The maximum atomic E-state index is 4.16. The monoisotopic (exact) mass is 341 g/mol. The summed E-state index contributed by atoms with van der Waals surface area (Å²) in [7, 11) is 1.81. The number of hydrogen-bond acceptors (Lipinski definition) is 1. The van der Waals surface area contributed by atoms with Crippen molar-refractivity contribution in [2.45, 2.75) is 53.5 Å². The van der Waals surface area contributed by atoms with Crippen LogP contribution in [-0.2, 0) is 0 Å². The first kappa shape index (κ1) is 18.4. The molecule has 0 rings (SSSR count). The highest BCUT2D eigenvalue weighted by atomic mass is 127. The number of nitrogens with zero attached hydrogens (tertiary/aromatic N) is 1. The van der Waals surface area contributed by atoms with Gasteiger partial charge in [-0.1, -0.05) is 20.8 Å². The second-order valence-electron chi connectivity index (χ2n) is 5.46. The average molecular weight is 341 g/mol. The van der Waals surface area contributed by atoms with Crippen LogP contribution in [0.4, 0.5) is 0 Å². The first-order valence-corrected chi connectivity index (χ1v) is 5.82. The van der Waals surface area contributed by atoms with Crippen LogP contribution < -0.4 is 10.6 Å². The zero-order valence-corrected chi connectivity index (χ0v) is 13.9. The van der Waals surface area contributed by atoms with Crippen molar-refractivity contribution in [2.75, 3.05) is 13.6 Å². The Hall–Kier alpha value is 0. The molecule has 0 aliphatic heterocycles. The summed E-state index contributed by atoms with van der Waals surface area (Å²) < 4.78 is 0. The Labute approximate surface area is 118 Å². The number of halogens is 1. The van der Waals surface area contributed by atoms with Gasteiger partial charge in [0.1, 0.15) is 0 Å². The lowest BCUT2D eigenvalue weighted by atomic mass is 9.91. The smallest absolute Gasteiger partial charge is 0.191 e. The second kappa shape index (κ2) is 9.07. The number of aliphatic imine (C=N–C) groups is 1. The van der Waals surface area contributed by atoms with E-state index in [0.29, 0.717) is 11.5 Å². The molecule has 0 aliphatic carbocycles. The van der Waals surface area contributed by atoms with Crippen LogP contribution in [0.15, 0.2) is 4.99 Å². The van der Waals surface area contributed by atoms with Gasteiger partial charge in [-0.15, -0.1) is 24.0 Å². The summed E-state index contributed by atoms with van der Waals surface area (Å²) in [6.07, 6.45) is 2.42. The molecule has 0 aromatic carbocycles. The molecular weight excluding hydrogens is 313 g/mol. The van der Waals surface area contributed by atoms with Crippen LogP contribution in [0.1, 0.15) is 47.5 Å². The lowest BCUT2D eigenvalue weighted by Gasteiger charge is -2.19. The van der Waals surface area contributed by atoms with Gasteiger partial charge in [-0.2, -0.15) is 0 Å². The lowest BCUT2D eigenvalue weighted by Crippen LogP contribution is -2.41. The lowest BCUT2D eigenvalue weighted by molar-refractivity contribution is 0.365. The Bertz CT molecular complexity index is 195. The highest BCUT2D eigenvalue weighted by molar-refractivity contribution is 14.0. The Balaban J connectivity index is 0. The van der Waals surface area contributed by atoms with Gasteiger partial charge in [-0.05, 0) is 32.1 Å². The van der Waals surface area contributed by atoms with Gasteiger partial charge in [0.15, 0.2) is 5.96 Å². The van der Waals surface area contributed by atoms with Gasteiger partial charge in [0, 0.05) is 19.6 Å². The van der Waals surface area contributed by atoms with Gasteiger partial charge in [0.05, 0.1) is 0 Å². The van der Waals surface area contributed by atoms with Crippen molar-refractivity contribution in [3.05, 3.63) is 0 Å². The van der Waals surface area contributed by atoms with Crippen LogP contribution in [0.3, 0.4) is 0 Å². The minimum absolute atomic E-state index is 0. The largest absolute Gasteiger partial charge is 0.356 e. The summed E-state index contributed by atoms with van der Waals surface area (Å²) in [6.45, 7) is 12.0. The van der Waals surface area contributed by atoms with E-state index in [4.69, 9.17) is 0 Å². The SMILES string of the molecule is CN=C(NCCCC(C)(C)C)NC(C)C.I. The fraction of sp³-hybridized carbons (Fsp3) is 0.917. The molecule has 0 heterocycles. The number of hydrogen-bond donors (Lipinski definition) is 2. The highest BCUT2D eigenvalue weighted by Crippen LogP contribution is 2.19. The molecule has 3 nitrogen and oxygen atoms in total. The second-order valence-corrected chi connectivity index (χ2v) is 5.46. The predicted molar refractivity (Wildman–Crippen MR) is 83.7 cm³/mol. The Morgan fingerprint density at radius 3 is 2.19 bits per heavy atom. The van der Waals surface area contributed by atoms with Crippen molar-refractivity contribution >= 4 is 29.9 Å². The molecule has 0 fully saturated rings. The molecule has 2 N–H and O–H groups in total. The number of rotatable bonds is 4. The molecule has 0 unspecified atom stereocenters. The first-order valence-electron chi connectivity index (χ1n) is 5.82. The molecule has 4 heteroatoms. The van der Waals surface area contributed by atoms with E-state index in [2.05, 4.69) is 50.2 Å². The standard InChI is InChI=1S/C12H27N3.HI/c1-10(2)15-11(13-6)14-9-7-8-12(3,4)5;/h10H,7-9H2,1-6H3,(H2,13,14,15);1H. The summed E-state index contributed by atoms with van der Waals surface area (Å²) in [5, 5.41) is 6.58. The molecule has 98 valence electrons. The van der Waals surface area contributed by atoms with Crippen LogP contribution in [0.5, 0.6) is 0 Å². The third-order valence-electron chi connectivity index (χ3n) is 2.04. The van der Waals surface area contributed by atoms with E-state index in [0.717, 1.165) is 12.5 Å². The summed E-state index contributed by atoms with van der Waals surface area (Å²) in [6, 6.07) is 0.429. The number of nitrogens with one attached hydrogen (secondary N) is 2. The zero-order chi connectivity index (χ0) is 11.9. The van der Waals surface area contributed by atoms with E-state index in [-0.39, 0.29) is 24.0 Å². The van der Waals surface area contributed by atoms with Crippen molar-refractivity contribution < 1.29 is 0 Å². The Kier molecular flexibility index (Phi) is 10.4. The van der Waals surface area contributed by atoms with Crippen molar-refractivity contribution in [1.29, 1.82) is 0 Å². The summed E-state index contributed by atoms with van der Waals surface area (Å²) in [4.78, 5) is 4.16. The van der Waals surface area contributed by atoms with Crippen LogP contribution >= 0.6 is 24.0 Å². The van der Waals surface area contributed by atoms with Crippen LogP contribution in [0.2, 0.25) is 0 Å². The fourth-order valence-electron chi connectivity index (χ4n) is 1.29. The molecule has 16 heavy (non-hydrogen) atoms. The summed E-state index contributed by atoms with van der Waals surface area (Å²) in [5.41, 5.74) is 0.427. The molecule has 0 amide bonds.